The third-order valence-electron chi connectivity index (χ3n) is 8.43. The number of fused-ring (bicyclic) bond motifs is 2. The molecule has 0 aliphatic heterocycles. The predicted molar refractivity (Wildman–Crippen MR) is 222 cm³/mol. The van der Waals surface area contributed by atoms with Crippen molar-refractivity contribution in [1.82, 2.24) is 9.97 Å². The van der Waals surface area contributed by atoms with E-state index in [0.29, 0.717) is 69.1 Å². The highest BCUT2D eigenvalue weighted by atomic mass is 35.5. The molecule has 16 heteroatoms. The van der Waals surface area contributed by atoms with Crippen molar-refractivity contribution < 1.29 is 16.8 Å². The van der Waals surface area contributed by atoms with Gasteiger partial charge in [0.05, 0.1) is 37.4 Å². The lowest BCUT2D eigenvalue weighted by Gasteiger charge is -2.12. The second kappa shape index (κ2) is 14.4. The van der Waals surface area contributed by atoms with Crippen molar-refractivity contribution in [1.29, 1.82) is 0 Å². The number of sulfone groups is 2. The molecule has 4 aromatic heterocycles. The van der Waals surface area contributed by atoms with Gasteiger partial charge >= 0.3 is 0 Å². The van der Waals surface area contributed by atoms with Gasteiger partial charge in [-0.15, -0.1) is 22.7 Å². The number of nitrogens with zero attached hydrogens (tertiary/aromatic N) is 2. The second-order valence-corrected chi connectivity index (χ2v) is 20.2. The fraction of sp³-hybridized carbons (Fsp3) is 0. The quantitative estimate of drug-likeness (QED) is 0.162. The fourth-order valence-electron chi connectivity index (χ4n) is 5.91. The molecular formula is C38H20Cl5N3O4S4. The van der Waals surface area contributed by atoms with Crippen LogP contribution in [0.25, 0.3) is 42.7 Å². The lowest BCUT2D eigenvalue weighted by atomic mass is 10.0. The van der Waals surface area contributed by atoms with E-state index in [9.17, 15) is 16.8 Å². The minimum absolute atomic E-state index is 0.0206. The van der Waals surface area contributed by atoms with Gasteiger partial charge in [-0.2, -0.15) is 0 Å². The number of hydrogen-bond donors (Lipinski definition) is 1. The molecule has 0 saturated heterocycles. The van der Waals surface area contributed by atoms with Crippen LogP contribution >= 0.6 is 80.7 Å². The van der Waals surface area contributed by atoms with Crippen LogP contribution in [-0.2, 0) is 19.7 Å². The van der Waals surface area contributed by atoms with Crippen LogP contribution < -0.4 is 5.32 Å². The van der Waals surface area contributed by atoms with Crippen LogP contribution in [0.4, 0.5) is 11.4 Å². The van der Waals surface area contributed by atoms with Crippen molar-refractivity contribution in [3.05, 3.63) is 141 Å². The van der Waals surface area contributed by atoms with Gasteiger partial charge in [0.1, 0.15) is 18.1 Å². The van der Waals surface area contributed by atoms with Crippen molar-refractivity contribution in [2.45, 2.75) is 18.2 Å². The van der Waals surface area contributed by atoms with Crippen LogP contribution in [-0.4, -0.2) is 26.8 Å². The molecule has 0 radical (unpaired) electrons. The van der Waals surface area contributed by atoms with Crippen LogP contribution in [0.3, 0.4) is 0 Å². The van der Waals surface area contributed by atoms with Crippen LogP contribution in [0, 0.1) is 0 Å². The first-order chi connectivity index (χ1) is 25.8. The van der Waals surface area contributed by atoms with Crippen molar-refractivity contribution in [2.75, 3.05) is 5.32 Å². The van der Waals surface area contributed by atoms with Crippen LogP contribution in [0.2, 0.25) is 25.1 Å². The summed E-state index contributed by atoms with van der Waals surface area (Å²) in [6.45, 7) is 0. The number of halogens is 5. The first-order valence-electron chi connectivity index (χ1n) is 15.6. The number of hydrogen-bond acceptors (Lipinski definition) is 9. The van der Waals surface area contributed by atoms with Gasteiger partial charge in [0, 0.05) is 43.2 Å². The zero-order valence-corrected chi connectivity index (χ0v) is 34.1. The molecule has 1 N–H and O–H groups in total. The van der Waals surface area contributed by atoms with E-state index in [1.54, 1.807) is 67.0 Å². The van der Waals surface area contributed by atoms with Crippen molar-refractivity contribution in [2.24, 2.45) is 0 Å². The predicted octanol–water partition coefficient (Wildman–Crippen LogP) is 12.9. The Kier molecular flexibility index (Phi) is 9.91. The number of pyridine rings is 2. The average Bonchev–Trinajstić information content (AvgIpc) is 3.74. The molecule has 7 nitrogen and oxygen atoms in total. The van der Waals surface area contributed by atoms with E-state index in [0.717, 1.165) is 22.7 Å². The van der Waals surface area contributed by atoms with Gasteiger partial charge < -0.3 is 5.32 Å². The molecule has 54 heavy (non-hydrogen) atoms. The molecule has 4 heterocycles. The van der Waals surface area contributed by atoms with Gasteiger partial charge in [0.25, 0.3) is 0 Å². The van der Waals surface area contributed by atoms with Gasteiger partial charge in [-0.25, -0.2) is 26.8 Å². The molecule has 8 rings (SSSR count). The Morgan fingerprint density at radius 1 is 0.537 bits per heavy atom. The maximum Gasteiger partial charge on any atom is 0.216 e. The summed E-state index contributed by atoms with van der Waals surface area (Å²) in [4.78, 5) is 10.3. The number of anilines is 2. The van der Waals surface area contributed by atoms with Gasteiger partial charge in [0.2, 0.25) is 19.7 Å². The molecule has 0 saturated carbocycles. The molecular weight excluding hydrogens is 868 g/mol. The lowest BCUT2D eigenvalue weighted by molar-refractivity contribution is 0.596. The van der Waals surface area contributed by atoms with E-state index >= 15 is 0 Å². The summed E-state index contributed by atoms with van der Waals surface area (Å²) < 4.78 is 57.0. The summed E-state index contributed by atoms with van der Waals surface area (Å²) in [6.07, 6.45) is 3.18. The van der Waals surface area contributed by atoms with E-state index in [1.165, 1.54) is 42.5 Å². The van der Waals surface area contributed by atoms with Gasteiger partial charge in [-0.05, 0) is 90.0 Å². The Bertz CT molecular complexity index is 2990. The van der Waals surface area contributed by atoms with Crippen LogP contribution in [0.15, 0.2) is 134 Å². The smallest absolute Gasteiger partial charge is 0.216 e. The van der Waals surface area contributed by atoms with Crippen molar-refractivity contribution in [3.8, 4) is 22.3 Å². The van der Waals surface area contributed by atoms with E-state index in [4.69, 9.17) is 58.0 Å². The van der Waals surface area contributed by atoms with E-state index in [2.05, 4.69) is 15.3 Å². The summed E-state index contributed by atoms with van der Waals surface area (Å²) in [5, 5.41) is 6.26. The number of aromatic nitrogens is 2. The van der Waals surface area contributed by atoms with E-state index in [-0.39, 0.29) is 28.3 Å². The third-order valence-corrected chi connectivity index (χ3v) is 16.7. The first-order valence-corrected chi connectivity index (χ1v) is 22.1. The normalized spacial score (nSPS) is 12.1. The Hall–Kier alpha value is -3.75. The van der Waals surface area contributed by atoms with Gasteiger partial charge in [0.15, 0.2) is 0 Å². The molecule has 4 aromatic carbocycles. The summed E-state index contributed by atoms with van der Waals surface area (Å²) in [5.41, 5.74) is 3.15. The lowest BCUT2D eigenvalue weighted by Crippen LogP contribution is -2.01. The van der Waals surface area contributed by atoms with Gasteiger partial charge in [-0.1, -0.05) is 82.3 Å². The molecule has 0 bridgehead atoms. The molecule has 0 fully saturated rings. The molecule has 0 aliphatic rings. The van der Waals surface area contributed by atoms with Crippen LogP contribution in [0.1, 0.15) is 0 Å². The Balaban J connectivity index is 1.31. The van der Waals surface area contributed by atoms with E-state index in [1.807, 2.05) is 6.07 Å². The number of rotatable bonds is 8. The highest BCUT2D eigenvalue weighted by Crippen LogP contribution is 2.48. The topological polar surface area (TPSA) is 106 Å². The Morgan fingerprint density at radius 2 is 1.07 bits per heavy atom. The van der Waals surface area contributed by atoms with E-state index < -0.39 is 19.7 Å². The fourth-order valence-corrected chi connectivity index (χ4v) is 12.8. The monoisotopic (exact) mass is 885 g/mol. The zero-order chi connectivity index (χ0) is 37.9. The number of thiophene rings is 2. The highest BCUT2D eigenvalue weighted by molar-refractivity contribution is 7.94. The first kappa shape index (κ1) is 37.2. The summed E-state index contributed by atoms with van der Waals surface area (Å²) in [7, 11) is -8.14. The maximum atomic E-state index is 14.2. The summed E-state index contributed by atoms with van der Waals surface area (Å²) in [6, 6.07) is 27.5. The second-order valence-electron chi connectivity index (χ2n) is 11.8. The summed E-state index contributed by atoms with van der Waals surface area (Å²) >= 11 is 33.0. The molecule has 0 amide bonds. The number of nitrogens with one attached hydrogen (secondary N) is 1. The zero-order valence-electron chi connectivity index (χ0n) is 27.0. The van der Waals surface area contributed by atoms with Crippen molar-refractivity contribution >= 4 is 132 Å². The van der Waals surface area contributed by atoms with Crippen molar-refractivity contribution in [3.63, 3.8) is 0 Å². The Labute approximate surface area is 342 Å². The minimum Gasteiger partial charge on any atom is -0.354 e. The highest BCUT2D eigenvalue weighted by Gasteiger charge is 2.30. The molecule has 0 unspecified atom stereocenters. The summed E-state index contributed by atoms with van der Waals surface area (Å²) in [5.74, 6) is 0. The molecule has 270 valence electrons. The Morgan fingerprint density at radius 3 is 1.70 bits per heavy atom. The molecule has 8 aromatic rings. The number of benzene rings is 4. The third kappa shape index (κ3) is 6.76. The molecule has 0 aliphatic carbocycles. The van der Waals surface area contributed by atoms with Gasteiger partial charge in [-0.3, -0.25) is 0 Å². The molecule has 0 atom stereocenters. The minimum atomic E-state index is -4.10. The largest absolute Gasteiger partial charge is 0.354 e. The standard InChI is InChI=1S/C38H20Cl5N3O4S4/c39-22-5-1-20(2-6-22)32-28-17-25(19-45-35(28)51-37(32)54(49,50)27-13-14-29(42)30(43)18-27)46-31-15-16-44-36-34(31)33(21-3-7-23(40)8-4-21)38(52-36)53(47,48)26-11-9-24(41)10-12-26/h1-19H,(H,44,46). The molecule has 0 spiro atoms. The SMILES string of the molecule is O=S(=O)(c1ccc(Cl)c(Cl)c1)c1sc2ncc(Nc3ccnc4sc(S(=O)(=O)c5ccc(Cl)cc5)c(-c5ccc(Cl)cc5)c34)cc2c1-c1ccc(Cl)cc1. The van der Waals surface area contributed by atoms with Crippen LogP contribution in [0.5, 0.6) is 0 Å². The average molecular weight is 888 g/mol. The maximum absolute atomic E-state index is 14.2.